The molecule has 0 unspecified atom stereocenters. The Morgan fingerprint density at radius 3 is 2.29 bits per heavy atom. The average molecular weight is 202 g/mol. The molecule has 0 spiro atoms. The molecule has 0 aromatic carbocycles. The van der Waals surface area contributed by atoms with Crippen molar-refractivity contribution in [3.63, 3.8) is 0 Å². The maximum absolute atomic E-state index is 11.3. The molecule has 0 saturated carbocycles. The van der Waals surface area contributed by atoms with Gasteiger partial charge < -0.3 is 15.8 Å². The highest BCUT2D eigenvalue weighted by molar-refractivity contribution is 5.87. The number of carbonyl (C=O) groups is 2. The zero-order valence-electron chi connectivity index (χ0n) is 8.87. The molecule has 0 aliphatic heterocycles. The number of methoxy groups -OCH3 is 1. The Hall–Kier alpha value is -1.10. The first-order valence-electron chi connectivity index (χ1n) is 4.70. The van der Waals surface area contributed by atoms with Gasteiger partial charge in [0, 0.05) is 0 Å². The fourth-order valence-corrected chi connectivity index (χ4v) is 0.934. The van der Waals surface area contributed by atoms with E-state index in [0.29, 0.717) is 12.8 Å². The Kier molecular flexibility index (Phi) is 5.87. The molecule has 0 aliphatic rings. The molecule has 14 heavy (non-hydrogen) atoms. The summed E-state index contributed by atoms with van der Waals surface area (Å²) in [6, 6.07) is -1.15. The Labute approximate surface area is 84.0 Å². The summed E-state index contributed by atoms with van der Waals surface area (Å²) in [6.45, 7) is 3.60. The molecule has 0 radical (unpaired) electrons. The van der Waals surface area contributed by atoms with Gasteiger partial charge in [-0.3, -0.25) is 4.79 Å². The van der Waals surface area contributed by atoms with Gasteiger partial charge in [-0.15, -0.1) is 0 Å². The van der Waals surface area contributed by atoms with Crippen molar-refractivity contribution in [2.75, 3.05) is 7.11 Å². The van der Waals surface area contributed by atoms with Crippen molar-refractivity contribution in [2.24, 2.45) is 5.73 Å². The summed E-state index contributed by atoms with van der Waals surface area (Å²) >= 11 is 0. The smallest absolute Gasteiger partial charge is 0.328 e. The predicted octanol–water partition coefficient (Wildman–Crippen LogP) is -0.208. The molecular weight excluding hydrogens is 184 g/mol. The van der Waals surface area contributed by atoms with Gasteiger partial charge in [0.1, 0.15) is 6.04 Å². The average Bonchev–Trinajstić information content (AvgIpc) is 2.22. The molecule has 5 heteroatoms. The lowest BCUT2D eigenvalue weighted by Gasteiger charge is -2.16. The first kappa shape index (κ1) is 12.9. The van der Waals surface area contributed by atoms with Gasteiger partial charge >= 0.3 is 5.97 Å². The van der Waals surface area contributed by atoms with Crippen molar-refractivity contribution in [1.82, 2.24) is 5.32 Å². The molecule has 2 atom stereocenters. The van der Waals surface area contributed by atoms with Crippen LogP contribution < -0.4 is 11.1 Å². The van der Waals surface area contributed by atoms with Crippen molar-refractivity contribution in [3.05, 3.63) is 0 Å². The van der Waals surface area contributed by atoms with E-state index < -0.39 is 18.1 Å². The zero-order valence-corrected chi connectivity index (χ0v) is 8.87. The molecule has 0 aliphatic carbocycles. The third-order valence-corrected chi connectivity index (χ3v) is 1.99. The fourth-order valence-electron chi connectivity index (χ4n) is 0.934. The van der Waals surface area contributed by atoms with E-state index in [4.69, 9.17) is 5.73 Å². The van der Waals surface area contributed by atoms with Crippen LogP contribution in [0.2, 0.25) is 0 Å². The lowest BCUT2D eigenvalue weighted by atomic mass is 10.2. The maximum atomic E-state index is 11.3. The van der Waals surface area contributed by atoms with Gasteiger partial charge in [0.05, 0.1) is 13.2 Å². The summed E-state index contributed by atoms with van der Waals surface area (Å²) < 4.78 is 4.52. The van der Waals surface area contributed by atoms with Crippen LogP contribution in [0.3, 0.4) is 0 Å². The Morgan fingerprint density at radius 2 is 1.93 bits per heavy atom. The van der Waals surface area contributed by atoms with Crippen LogP contribution in [0.5, 0.6) is 0 Å². The van der Waals surface area contributed by atoms with Crippen LogP contribution in [-0.2, 0) is 14.3 Å². The first-order chi connectivity index (χ1) is 6.56. The number of carbonyl (C=O) groups excluding carboxylic acids is 2. The lowest BCUT2D eigenvalue weighted by Crippen LogP contribution is -2.48. The molecule has 0 aromatic heterocycles. The molecule has 0 fully saturated rings. The van der Waals surface area contributed by atoms with E-state index in [0.717, 1.165) is 0 Å². The molecule has 0 saturated heterocycles. The lowest BCUT2D eigenvalue weighted by molar-refractivity contribution is -0.145. The summed E-state index contributed by atoms with van der Waals surface area (Å²) in [5, 5.41) is 2.53. The van der Waals surface area contributed by atoms with Crippen molar-refractivity contribution in [1.29, 1.82) is 0 Å². The van der Waals surface area contributed by atoms with Crippen LogP contribution in [0.1, 0.15) is 26.7 Å². The topological polar surface area (TPSA) is 81.4 Å². The second-order valence-electron chi connectivity index (χ2n) is 3.01. The number of rotatable bonds is 5. The summed E-state index contributed by atoms with van der Waals surface area (Å²) in [4.78, 5) is 22.4. The SMILES string of the molecule is CC[C@@H](N)C(=O)N[C@@H](CC)C(=O)OC. The summed E-state index contributed by atoms with van der Waals surface area (Å²) in [5.74, 6) is -0.756. The predicted molar refractivity (Wildman–Crippen MR) is 52.5 cm³/mol. The minimum atomic E-state index is -0.593. The van der Waals surface area contributed by atoms with E-state index in [2.05, 4.69) is 10.1 Å². The van der Waals surface area contributed by atoms with Crippen molar-refractivity contribution >= 4 is 11.9 Å². The number of esters is 1. The fraction of sp³-hybridized carbons (Fsp3) is 0.778. The highest BCUT2D eigenvalue weighted by Crippen LogP contribution is 1.95. The third kappa shape index (κ3) is 3.74. The van der Waals surface area contributed by atoms with Gasteiger partial charge in [-0.05, 0) is 12.8 Å². The quantitative estimate of drug-likeness (QED) is 0.604. The molecule has 82 valence electrons. The zero-order chi connectivity index (χ0) is 11.1. The summed E-state index contributed by atoms with van der Waals surface area (Å²) in [6.07, 6.45) is 1.04. The standard InChI is InChI=1S/C9H18N2O3/c1-4-6(10)8(12)11-7(5-2)9(13)14-3/h6-7H,4-5,10H2,1-3H3,(H,11,12)/t6-,7+/m1/s1. The van der Waals surface area contributed by atoms with E-state index >= 15 is 0 Å². The minimum Gasteiger partial charge on any atom is -0.467 e. The van der Waals surface area contributed by atoms with Gasteiger partial charge in [0.2, 0.25) is 5.91 Å². The number of amides is 1. The monoisotopic (exact) mass is 202 g/mol. The van der Waals surface area contributed by atoms with Crippen LogP contribution in [0.15, 0.2) is 0 Å². The van der Waals surface area contributed by atoms with Crippen molar-refractivity contribution in [2.45, 2.75) is 38.8 Å². The van der Waals surface area contributed by atoms with E-state index in [1.165, 1.54) is 7.11 Å². The Morgan fingerprint density at radius 1 is 1.36 bits per heavy atom. The van der Waals surface area contributed by atoms with Crippen molar-refractivity contribution in [3.8, 4) is 0 Å². The second kappa shape index (κ2) is 6.37. The molecule has 0 bridgehead atoms. The maximum Gasteiger partial charge on any atom is 0.328 e. The minimum absolute atomic E-state index is 0.315. The van der Waals surface area contributed by atoms with Gasteiger partial charge in [0.15, 0.2) is 0 Å². The highest BCUT2D eigenvalue weighted by atomic mass is 16.5. The number of hydrogen-bond donors (Lipinski definition) is 2. The van der Waals surface area contributed by atoms with E-state index in [9.17, 15) is 9.59 Å². The molecule has 0 heterocycles. The summed E-state index contributed by atoms with van der Waals surface area (Å²) in [7, 11) is 1.29. The number of nitrogens with two attached hydrogens (primary N) is 1. The second-order valence-corrected chi connectivity index (χ2v) is 3.01. The first-order valence-corrected chi connectivity index (χ1v) is 4.70. The largest absolute Gasteiger partial charge is 0.467 e. The van der Waals surface area contributed by atoms with E-state index in [-0.39, 0.29) is 5.91 Å². The van der Waals surface area contributed by atoms with Crippen LogP contribution in [-0.4, -0.2) is 31.1 Å². The van der Waals surface area contributed by atoms with Gasteiger partial charge in [-0.2, -0.15) is 0 Å². The van der Waals surface area contributed by atoms with Crippen LogP contribution >= 0.6 is 0 Å². The van der Waals surface area contributed by atoms with E-state index in [1.807, 2.05) is 6.92 Å². The van der Waals surface area contributed by atoms with Gasteiger partial charge in [-0.1, -0.05) is 13.8 Å². The molecule has 5 nitrogen and oxygen atoms in total. The third-order valence-electron chi connectivity index (χ3n) is 1.99. The molecule has 3 N–H and O–H groups in total. The Balaban J connectivity index is 4.18. The number of ether oxygens (including phenoxy) is 1. The van der Waals surface area contributed by atoms with Gasteiger partial charge in [0.25, 0.3) is 0 Å². The molecule has 0 rings (SSSR count). The van der Waals surface area contributed by atoms with Crippen LogP contribution in [0.4, 0.5) is 0 Å². The molecule has 1 amide bonds. The summed E-state index contributed by atoms with van der Waals surface area (Å²) in [5.41, 5.74) is 5.50. The van der Waals surface area contributed by atoms with Crippen LogP contribution in [0.25, 0.3) is 0 Å². The molecular formula is C9H18N2O3. The Bertz CT molecular complexity index is 206. The van der Waals surface area contributed by atoms with Crippen LogP contribution in [0, 0.1) is 0 Å². The normalized spacial score (nSPS) is 14.3. The number of hydrogen-bond acceptors (Lipinski definition) is 4. The van der Waals surface area contributed by atoms with Gasteiger partial charge in [-0.25, -0.2) is 4.79 Å². The van der Waals surface area contributed by atoms with E-state index in [1.54, 1.807) is 6.92 Å². The number of nitrogens with one attached hydrogen (secondary N) is 1. The van der Waals surface area contributed by atoms with Crippen molar-refractivity contribution < 1.29 is 14.3 Å². The molecule has 0 aromatic rings. The highest BCUT2D eigenvalue weighted by Gasteiger charge is 2.21.